The summed E-state index contributed by atoms with van der Waals surface area (Å²) in [5.74, 6) is 1.24. The molecule has 0 bridgehead atoms. The lowest BCUT2D eigenvalue weighted by atomic mass is 10.2. The number of aliphatic imine (C=N–C) groups is 1. The summed E-state index contributed by atoms with van der Waals surface area (Å²) in [5.41, 5.74) is 7.84. The van der Waals surface area contributed by atoms with Gasteiger partial charge in [-0.1, -0.05) is 30.3 Å². The third-order valence-corrected chi connectivity index (χ3v) is 2.64. The Hall–Kier alpha value is -2.49. The molecule has 3 N–H and O–H groups in total. The van der Waals surface area contributed by atoms with Crippen LogP contribution < -0.4 is 15.8 Å². The third kappa shape index (κ3) is 4.03. The van der Waals surface area contributed by atoms with Crippen molar-refractivity contribution < 1.29 is 4.74 Å². The van der Waals surface area contributed by atoms with Crippen molar-refractivity contribution >= 4 is 11.6 Å². The summed E-state index contributed by atoms with van der Waals surface area (Å²) >= 11 is 0. The molecule has 98 valence electrons. The molecule has 4 heteroatoms. The molecule has 0 aliphatic rings. The van der Waals surface area contributed by atoms with Crippen LogP contribution in [0.1, 0.15) is 5.56 Å². The van der Waals surface area contributed by atoms with Gasteiger partial charge in [-0.15, -0.1) is 0 Å². The fourth-order valence-corrected chi connectivity index (χ4v) is 1.62. The maximum Gasteiger partial charge on any atom is 0.193 e. The minimum Gasteiger partial charge on any atom is -0.497 e. The van der Waals surface area contributed by atoms with E-state index in [1.54, 1.807) is 7.11 Å². The zero-order valence-corrected chi connectivity index (χ0v) is 10.8. The molecule has 19 heavy (non-hydrogen) atoms. The van der Waals surface area contributed by atoms with Gasteiger partial charge in [-0.2, -0.15) is 0 Å². The van der Waals surface area contributed by atoms with Gasteiger partial charge in [-0.05, 0) is 29.8 Å². The summed E-state index contributed by atoms with van der Waals surface area (Å²) in [4.78, 5) is 4.29. The van der Waals surface area contributed by atoms with E-state index in [1.807, 2.05) is 54.6 Å². The number of hydrogen-bond acceptors (Lipinski definition) is 2. The van der Waals surface area contributed by atoms with Crippen LogP contribution in [0.4, 0.5) is 5.69 Å². The van der Waals surface area contributed by atoms with Crippen LogP contribution in [-0.4, -0.2) is 13.1 Å². The van der Waals surface area contributed by atoms with Gasteiger partial charge in [-0.3, -0.25) is 0 Å². The minimum absolute atomic E-state index is 0.405. The number of ether oxygens (including phenoxy) is 1. The SMILES string of the molecule is COc1ccc(CN=C(N)Nc2ccccc2)cc1. The highest BCUT2D eigenvalue weighted by molar-refractivity contribution is 5.92. The lowest BCUT2D eigenvalue weighted by molar-refractivity contribution is 0.414. The van der Waals surface area contributed by atoms with E-state index in [2.05, 4.69) is 10.3 Å². The molecule has 2 rings (SSSR count). The highest BCUT2D eigenvalue weighted by Gasteiger charge is 1.96. The van der Waals surface area contributed by atoms with Gasteiger partial charge in [-0.25, -0.2) is 4.99 Å². The highest BCUT2D eigenvalue weighted by atomic mass is 16.5. The van der Waals surface area contributed by atoms with Crippen molar-refractivity contribution in [3.8, 4) is 5.75 Å². The number of nitrogens with two attached hydrogens (primary N) is 1. The minimum atomic E-state index is 0.405. The Morgan fingerprint density at radius 1 is 1.11 bits per heavy atom. The number of nitrogens with zero attached hydrogens (tertiary/aromatic N) is 1. The Bertz CT molecular complexity index is 535. The van der Waals surface area contributed by atoms with Crippen molar-refractivity contribution in [3.05, 3.63) is 60.2 Å². The molecule has 4 nitrogen and oxygen atoms in total. The van der Waals surface area contributed by atoms with Crippen molar-refractivity contribution in [1.29, 1.82) is 0 Å². The predicted molar refractivity (Wildman–Crippen MR) is 78.4 cm³/mol. The lowest BCUT2D eigenvalue weighted by Crippen LogP contribution is -2.22. The van der Waals surface area contributed by atoms with Crippen LogP contribution in [0.5, 0.6) is 5.75 Å². The molecule has 0 aromatic heterocycles. The van der Waals surface area contributed by atoms with Crippen LogP contribution in [0.2, 0.25) is 0 Å². The molecule has 0 aliphatic carbocycles. The van der Waals surface area contributed by atoms with Crippen LogP contribution in [-0.2, 0) is 6.54 Å². The first-order chi connectivity index (χ1) is 9.28. The van der Waals surface area contributed by atoms with Crippen molar-refractivity contribution in [3.63, 3.8) is 0 Å². The van der Waals surface area contributed by atoms with Crippen LogP contribution in [0.15, 0.2) is 59.6 Å². The first kappa shape index (κ1) is 13.0. The molecule has 0 radical (unpaired) electrons. The second kappa shape index (κ2) is 6.44. The fraction of sp³-hybridized carbons (Fsp3) is 0.133. The number of benzene rings is 2. The zero-order valence-electron chi connectivity index (χ0n) is 10.8. The summed E-state index contributed by atoms with van der Waals surface area (Å²) in [5, 5.41) is 3.04. The maximum absolute atomic E-state index is 5.82. The smallest absolute Gasteiger partial charge is 0.193 e. The number of guanidine groups is 1. The van der Waals surface area contributed by atoms with Crippen molar-refractivity contribution in [2.75, 3.05) is 12.4 Å². The molecule has 0 atom stereocenters. The second-order valence-corrected chi connectivity index (χ2v) is 4.04. The van der Waals surface area contributed by atoms with Crippen LogP contribution >= 0.6 is 0 Å². The average Bonchev–Trinajstić information content (AvgIpc) is 2.47. The quantitative estimate of drug-likeness (QED) is 0.652. The molecule has 0 aliphatic heterocycles. The maximum atomic E-state index is 5.82. The zero-order chi connectivity index (χ0) is 13.5. The molecular formula is C15H17N3O. The van der Waals surface area contributed by atoms with Gasteiger partial charge in [0.2, 0.25) is 0 Å². The Kier molecular flexibility index (Phi) is 4.39. The van der Waals surface area contributed by atoms with E-state index in [1.165, 1.54) is 0 Å². The number of nitrogens with one attached hydrogen (secondary N) is 1. The van der Waals surface area contributed by atoms with Gasteiger partial charge in [0.05, 0.1) is 13.7 Å². The fourth-order valence-electron chi connectivity index (χ4n) is 1.62. The summed E-state index contributed by atoms with van der Waals surface area (Å²) in [6.45, 7) is 0.537. The summed E-state index contributed by atoms with van der Waals surface area (Å²) in [6.07, 6.45) is 0. The monoisotopic (exact) mass is 255 g/mol. The van der Waals surface area contributed by atoms with Gasteiger partial charge in [0.15, 0.2) is 5.96 Å². The number of rotatable bonds is 4. The van der Waals surface area contributed by atoms with Crippen molar-refractivity contribution in [2.24, 2.45) is 10.7 Å². The Morgan fingerprint density at radius 2 is 1.79 bits per heavy atom. The first-order valence-electron chi connectivity index (χ1n) is 6.03. The van der Waals surface area contributed by atoms with E-state index in [0.29, 0.717) is 12.5 Å². The molecule has 0 amide bonds. The molecule has 0 saturated carbocycles. The van der Waals surface area contributed by atoms with Gasteiger partial charge >= 0.3 is 0 Å². The third-order valence-electron chi connectivity index (χ3n) is 2.64. The van der Waals surface area contributed by atoms with Crippen LogP contribution in [0.25, 0.3) is 0 Å². The number of anilines is 1. The molecule has 0 saturated heterocycles. The largest absolute Gasteiger partial charge is 0.497 e. The molecular weight excluding hydrogens is 238 g/mol. The molecule has 0 fully saturated rings. The van der Waals surface area contributed by atoms with Gasteiger partial charge in [0.25, 0.3) is 0 Å². The van der Waals surface area contributed by atoms with Crippen molar-refractivity contribution in [1.82, 2.24) is 0 Å². The molecule has 2 aromatic carbocycles. The van der Waals surface area contributed by atoms with Gasteiger partial charge in [0.1, 0.15) is 5.75 Å². The lowest BCUT2D eigenvalue weighted by Gasteiger charge is -2.05. The van der Waals surface area contributed by atoms with E-state index >= 15 is 0 Å². The predicted octanol–water partition coefficient (Wildman–Crippen LogP) is 2.62. The van der Waals surface area contributed by atoms with E-state index in [-0.39, 0.29) is 0 Å². The van der Waals surface area contributed by atoms with Gasteiger partial charge < -0.3 is 15.8 Å². The standard InChI is InChI=1S/C15H17N3O/c1-19-14-9-7-12(8-10-14)11-17-15(16)18-13-5-3-2-4-6-13/h2-10H,11H2,1H3,(H3,16,17,18). The second-order valence-electron chi connectivity index (χ2n) is 4.04. The van der Waals surface area contributed by atoms with E-state index in [4.69, 9.17) is 10.5 Å². The molecule has 2 aromatic rings. The average molecular weight is 255 g/mol. The first-order valence-corrected chi connectivity index (χ1v) is 6.03. The van der Waals surface area contributed by atoms with E-state index < -0.39 is 0 Å². The normalized spacial score (nSPS) is 11.1. The number of hydrogen-bond donors (Lipinski definition) is 2. The van der Waals surface area contributed by atoms with E-state index in [0.717, 1.165) is 17.0 Å². The van der Waals surface area contributed by atoms with Crippen molar-refractivity contribution in [2.45, 2.75) is 6.54 Å². The molecule has 0 spiro atoms. The Labute approximate surface area is 112 Å². The number of para-hydroxylation sites is 1. The highest BCUT2D eigenvalue weighted by Crippen LogP contribution is 2.12. The van der Waals surface area contributed by atoms with Crippen LogP contribution in [0.3, 0.4) is 0 Å². The van der Waals surface area contributed by atoms with Gasteiger partial charge in [0, 0.05) is 5.69 Å². The number of methoxy groups -OCH3 is 1. The summed E-state index contributed by atoms with van der Waals surface area (Å²) in [6, 6.07) is 17.5. The van der Waals surface area contributed by atoms with E-state index in [9.17, 15) is 0 Å². The summed E-state index contributed by atoms with van der Waals surface area (Å²) < 4.78 is 5.10. The topological polar surface area (TPSA) is 59.6 Å². The molecule has 0 unspecified atom stereocenters. The Morgan fingerprint density at radius 3 is 2.42 bits per heavy atom. The molecule has 0 heterocycles. The van der Waals surface area contributed by atoms with Crippen LogP contribution in [0, 0.1) is 0 Å². The summed E-state index contributed by atoms with van der Waals surface area (Å²) in [7, 11) is 1.65. The Balaban J connectivity index is 1.93.